The summed E-state index contributed by atoms with van der Waals surface area (Å²) >= 11 is 0. The van der Waals surface area contributed by atoms with E-state index in [2.05, 4.69) is 15.2 Å². The maximum absolute atomic E-state index is 12.6. The second kappa shape index (κ2) is 7.74. The van der Waals surface area contributed by atoms with Crippen molar-refractivity contribution in [1.29, 1.82) is 0 Å². The topological polar surface area (TPSA) is 66.9 Å². The molecule has 0 spiro atoms. The van der Waals surface area contributed by atoms with Gasteiger partial charge in [0.05, 0.1) is 14.2 Å². The Kier molecular flexibility index (Phi) is 5.23. The second-order valence-electron chi connectivity index (χ2n) is 5.63. The molecule has 3 rings (SSSR count). The Bertz CT molecular complexity index is 693. The lowest BCUT2D eigenvalue weighted by molar-refractivity contribution is 0.208. The number of carbonyl (C=O) groups is 1. The molecule has 7 heteroatoms. The van der Waals surface area contributed by atoms with Gasteiger partial charge in [0.25, 0.3) is 0 Å². The summed E-state index contributed by atoms with van der Waals surface area (Å²) in [6.07, 6.45) is 1.78. The van der Waals surface area contributed by atoms with Crippen LogP contribution in [0.5, 0.6) is 11.5 Å². The predicted octanol–water partition coefficient (Wildman–Crippen LogP) is 2.45. The Morgan fingerprint density at radius 2 is 1.68 bits per heavy atom. The van der Waals surface area contributed by atoms with Crippen molar-refractivity contribution in [2.45, 2.75) is 0 Å². The lowest BCUT2D eigenvalue weighted by Gasteiger charge is -2.35. The summed E-state index contributed by atoms with van der Waals surface area (Å²) in [6, 6.07) is 11.1. The minimum absolute atomic E-state index is 0.163. The van der Waals surface area contributed by atoms with Crippen LogP contribution in [0, 0.1) is 0 Å². The van der Waals surface area contributed by atoms with Gasteiger partial charge in [-0.3, -0.25) is 0 Å². The molecular weight excluding hydrogens is 320 g/mol. The molecule has 1 fully saturated rings. The van der Waals surface area contributed by atoms with E-state index in [0.29, 0.717) is 30.3 Å². The number of urea groups is 1. The van der Waals surface area contributed by atoms with Gasteiger partial charge in [0, 0.05) is 32.4 Å². The maximum Gasteiger partial charge on any atom is 0.322 e. The molecule has 0 aliphatic carbocycles. The first-order valence-electron chi connectivity index (χ1n) is 8.16. The number of hydrogen-bond acceptors (Lipinski definition) is 5. The second-order valence-corrected chi connectivity index (χ2v) is 5.63. The molecule has 1 aliphatic rings. The molecular formula is C18H22N4O3. The van der Waals surface area contributed by atoms with E-state index in [0.717, 1.165) is 18.9 Å². The number of hydrogen-bond donors (Lipinski definition) is 1. The van der Waals surface area contributed by atoms with Gasteiger partial charge in [-0.25, -0.2) is 9.78 Å². The fourth-order valence-corrected chi connectivity index (χ4v) is 2.84. The molecule has 0 radical (unpaired) electrons. The summed E-state index contributed by atoms with van der Waals surface area (Å²) in [5.41, 5.74) is 0.546. The molecule has 1 aromatic carbocycles. The lowest BCUT2D eigenvalue weighted by atomic mass is 10.2. The summed E-state index contributed by atoms with van der Waals surface area (Å²) in [6.45, 7) is 2.74. The van der Waals surface area contributed by atoms with Crippen LogP contribution in [-0.2, 0) is 0 Å². The maximum atomic E-state index is 12.6. The van der Waals surface area contributed by atoms with Crippen molar-refractivity contribution in [3.05, 3.63) is 42.6 Å². The molecule has 2 aromatic rings. The van der Waals surface area contributed by atoms with Gasteiger partial charge in [-0.15, -0.1) is 0 Å². The monoisotopic (exact) mass is 342 g/mol. The molecule has 132 valence electrons. The van der Waals surface area contributed by atoms with Gasteiger partial charge in [-0.1, -0.05) is 12.1 Å². The highest BCUT2D eigenvalue weighted by Crippen LogP contribution is 2.34. The van der Waals surface area contributed by atoms with Crippen molar-refractivity contribution in [3.63, 3.8) is 0 Å². The van der Waals surface area contributed by atoms with Crippen LogP contribution in [0.2, 0.25) is 0 Å². The van der Waals surface area contributed by atoms with Gasteiger partial charge in [-0.2, -0.15) is 0 Å². The van der Waals surface area contributed by atoms with Gasteiger partial charge in [0.15, 0.2) is 0 Å². The van der Waals surface area contributed by atoms with Crippen LogP contribution in [-0.4, -0.2) is 56.3 Å². The van der Waals surface area contributed by atoms with E-state index in [-0.39, 0.29) is 6.03 Å². The molecule has 2 amide bonds. The molecule has 25 heavy (non-hydrogen) atoms. The smallest absolute Gasteiger partial charge is 0.322 e. The van der Waals surface area contributed by atoms with E-state index in [1.807, 2.05) is 24.3 Å². The predicted molar refractivity (Wildman–Crippen MR) is 96.6 cm³/mol. The number of amides is 2. The lowest BCUT2D eigenvalue weighted by Crippen LogP contribution is -2.50. The highest BCUT2D eigenvalue weighted by molar-refractivity contribution is 5.93. The molecule has 0 saturated carbocycles. The van der Waals surface area contributed by atoms with Gasteiger partial charge in [-0.05, 0) is 24.3 Å². The fraction of sp³-hybridized carbons (Fsp3) is 0.333. The third-order valence-electron chi connectivity index (χ3n) is 4.20. The number of rotatable bonds is 4. The van der Waals surface area contributed by atoms with Gasteiger partial charge >= 0.3 is 6.03 Å². The summed E-state index contributed by atoms with van der Waals surface area (Å²) < 4.78 is 10.6. The van der Waals surface area contributed by atoms with Crippen molar-refractivity contribution < 1.29 is 14.3 Å². The van der Waals surface area contributed by atoms with Crippen LogP contribution < -0.4 is 19.7 Å². The first kappa shape index (κ1) is 16.9. The van der Waals surface area contributed by atoms with E-state index < -0.39 is 0 Å². The normalized spacial score (nSPS) is 14.2. The highest BCUT2D eigenvalue weighted by Gasteiger charge is 2.23. The zero-order valence-electron chi connectivity index (χ0n) is 14.4. The van der Waals surface area contributed by atoms with E-state index in [1.54, 1.807) is 37.4 Å². The van der Waals surface area contributed by atoms with Crippen LogP contribution in [0.25, 0.3) is 0 Å². The first-order chi connectivity index (χ1) is 12.2. The van der Waals surface area contributed by atoms with Crippen LogP contribution >= 0.6 is 0 Å². The number of anilines is 2. The van der Waals surface area contributed by atoms with Crippen molar-refractivity contribution in [3.8, 4) is 11.5 Å². The summed E-state index contributed by atoms with van der Waals surface area (Å²) in [5.74, 6) is 2.08. The van der Waals surface area contributed by atoms with Gasteiger partial charge in [0.2, 0.25) is 0 Å². The molecule has 1 saturated heterocycles. The van der Waals surface area contributed by atoms with Crippen molar-refractivity contribution in [2.75, 3.05) is 50.6 Å². The Morgan fingerprint density at radius 3 is 2.24 bits per heavy atom. The quantitative estimate of drug-likeness (QED) is 0.924. The van der Waals surface area contributed by atoms with Crippen LogP contribution in [0.4, 0.5) is 16.3 Å². The molecule has 1 aliphatic heterocycles. The number of ether oxygens (including phenoxy) is 2. The number of carbonyl (C=O) groups excluding carboxylic acids is 1. The van der Waals surface area contributed by atoms with E-state index in [1.165, 1.54) is 0 Å². The van der Waals surface area contributed by atoms with Crippen LogP contribution in [0.1, 0.15) is 0 Å². The zero-order chi connectivity index (χ0) is 17.6. The Balaban J connectivity index is 1.64. The van der Waals surface area contributed by atoms with Crippen LogP contribution in [0.15, 0.2) is 42.6 Å². The van der Waals surface area contributed by atoms with E-state index >= 15 is 0 Å². The Hall–Kier alpha value is -2.96. The molecule has 2 heterocycles. The molecule has 1 aromatic heterocycles. The Labute approximate surface area is 147 Å². The molecule has 0 atom stereocenters. The average molecular weight is 342 g/mol. The van der Waals surface area contributed by atoms with Crippen molar-refractivity contribution in [2.24, 2.45) is 0 Å². The van der Waals surface area contributed by atoms with Crippen molar-refractivity contribution in [1.82, 2.24) is 9.88 Å². The van der Waals surface area contributed by atoms with Gasteiger partial charge < -0.3 is 24.6 Å². The number of aromatic nitrogens is 1. The molecule has 0 unspecified atom stereocenters. The molecule has 7 nitrogen and oxygen atoms in total. The number of pyridine rings is 1. The minimum Gasteiger partial charge on any atom is -0.494 e. The largest absolute Gasteiger partial charge is 0.494 e. The molecule has 1 N–H and O–H groups in total. The third-order valence-corrected chi connectivity index (χ3v) is 4.20. The Morgan fingerprint density at radius 1 is 1.00 bits per heavy atom. The SMILES string of the molecule is COc1cccc(OC)c1NC(=O)N1CCN(c2ccccn2)CC1. The van der Waals surface area contributed by atoms with Gasteiger partial charge in [0.1, 0.15) is 23.0 Å². The standard InChI is InChI=1S/C18H22N4O3/c1-24-14-6-5-7-15(25-2)17(14)20-18(23)22-12-10-21(11-13-22)16-8-3-4-9-19-16/h3-9H,10-13H2,1-2H3,(H,20,23). The number of nitrogens with zero attached hydrogens (tertiary/aromatic N) is 3. The van der Waals surface area contributed by atoms with E-state index in [4.69, 9.17) is 9.47 Å². The van der Waals surface area contributed by atoms with Crippen LogP contribution in [0.3, 0.4) is 0 Å². The number of piperazine rings is 1. The van der Waals surface area contributed by atoms with Crippen molar-refractivity contribution >= 4 is 17.5 Å². The first-order valence-corrected chi connectivity index (χ1v) is 8.16. The summed E-state index contributed by atoms with van der Waals surface area (Å²) in [5, 5.41) is 2.91. The summed E-state index contributed by atoms with van der Waals surface area (Å²) in [4.78, 5) is 20.9. The number of methoxy groups -OCH3 is 2. The minimum atomic E-state index is -0.163. The number of nitrogens with one attached hydrogen (secondary N) is 1. The fourth-order valence-electron chi connectivity index (χ4n) is 2.84. The number of para-hydroxylation sites is 1. The average Bonchev–Trinajstić information content (AvgIpc) is 2.69. The third kappa shape index (κ3) is 3.76. The molecule has 0 bridgehead atoms. The summed E-state index contributed by atoms with van der Waals surface area (Å²) in [7, 11) is 3.13. The highest BCUT2D eigenvalue weighted by atomic mass is 16.5. The zero-order valence-corrected chi connectivity index (χ0v) is 14.4. The van der Waals surface area contributed by atoms with E-state index in [9.17, 15) is 4.79 Å². The number of benzene rings is 1.